The Balaban J connectivity index is 2.70. The molecule has 2 aromatic heterocycles. The Bertz CT molecular complexity index is 555. The van der Waals surface area contributed by atoms with Gasteiger partial charge in [0.1, 0.15) is 17.3 Å². The van der Waals surface area contributed by atoms with Gasteiger partial charge in [0, 0.05) is 0 Å². The number of aromatic nitrogens is 4. The number of rotatable bonds is 1. The lowest BCUT2D eigenvalue weighted by molar-refractivity contribution is 0.310. The zero-order valence-electron chi connectivity index (χ0n) is 6.74. The van der Waals surface area contributed by atoms with Gasteiger partial charge in [0.15, 0.2) is 11.5 Å². The van der Waals surface area contributed by atoms with Crippen molar-refractivity contribution in [2.45, 2.75) is 0 Å². The maximum absolute atomic E-state index is 11.0. The van der Waals surface area contributed by atoms with E-state index >= 15 is 0 Å². The minimum absolute atomic E-state index is 0.0109. The van der Waals surface area contributed by atoms with E-state index in [-0.39, 0.29) is 22.8 Å². The van der Waals surface area contributed by atoms with Crippen molar-refractivity contribution in [3.05, 3.63) is 15.9 Å². The van der Waals surface area contributed by atoms with Gasteiger partial charge >= 0.3 is 0 Å². The molecule has 2 aromatic rings. The number of aromatic amines is 2. The second-order valence-corrected chi connectivity index (χ2v) is 2.44. The third-order valence-corrected chi connectivity index (χ3v) is 1.64. The van der Waals surface area contributed by atoms with Gasteiger partial charge in [-0.25, -0.2) is 4.63 Å². The topological polar surface area (TPSA) is 137 Å². The molecule has 0 saturated heterocycles. The summed E-state index contributed by atoms with van der Waals surface area (Å²) in [5, 5.41) is 20.1. The molecule has 0 unspecified atom stereocenters. The number of hydrogen-bond acceptors (Lipinski definition) is 6. The van der Waals surface area contributed by atoms with Crippen LogP contribution < -0.4 is 11.3 Å². The standard InChI is InChI=1S/C6H4N6O2/c7-1-2-3(9-10-6(2)13)4-5(8)12-14-11-4/h(H2,8,12)(H2,9,10,13). The number of hydrogen-bond donors (Lipinski definition) is 3. The van der Waals surface area contributed by atoms with E-state index in [0.717, 1.165) is 0 Å². The van der Waals surface area contributed by atoms with Gasteiger partial charge in [-0.1, -0.05) is 0 Å². The molecular weight excluding hydrogens is 188 g/mol. The van der Waals surface area contributed by atoms with Crippen molar-refractivity contribution in [2.24, 2.45) is 0 Å². The number of nitrogen functional groups attached to an aromatic ring is 1. The van der Waals surface area contributed by atoms with E-state index in [1.54, 1.807) is 6.07 Å². The van der Waals surface area contributed by atoms with Crippen LogP contribution in [0.1, 0.15) is 5.56 Å². The van der Waals surface area contributed by atoms with Gasteiger partial charge in [-0.05, 0) is 10.3 Å². The predicted molar refractivity (Wildman–Crippen MR) is 43.8 cm³/mol. The van der Waals surface area contributed by atoms with Crippen LogP contribution in [0.4, 0.5) is 5.82 Å². The highest BCUT2D eigenvalue weighted by Gasteiger charge is 2.17. The van der Waals surface area contributed by atoms with Crippen LogP contribution in [-0.4, -0.2) is 20.5 Å². The van der Waals surface area contributed by atoms with Crippen LogP contribution in [0.3, 0.4) is 0 Å². The monoisotopic (exact) mass is 192 g/mol. The van der Waals surface area contributed by atoms with Crippen LogP contribution in [0.2, 0.25) is 0 Å². The molecule has 8 nitrogen and oxygen atoms in total. The maximum atomic E-state index is 11.0. The van der Waals surface area contributed by atoms with E-state index in [9.17, 15) is 4.79 Å². The van der Waals surface area contributed by atoms with Gasteiger partial charge in [-0.15, -0.1) is 0 Å². The Hall–Kier alpha value is -2.56. The quantitative estimate of drug-likeness (QED) is 0.541. The lowest BCUT2D eigenvalue weighted by Gasteiger charge is -1.88. The Morgan fingerprint density at radius 3 is 2.79 bits per heavy atom. The summed E-state index contributed by atoms with van der Waals surface area (Å²) in [5.41, 5.74) is 5.07. The van der Waals surface area contributed by atoms with E-state index in [0.29, 0.717) is 0 Å². The van der Waals surface area contributed by atoms with E-state index in [1.807, 2.05) is 0 Å². The Kier molecular flexibility index (Phi) is 1.57. The molecule has 0 fully saturated rings. The van der Waals surface area contributed by atoms with Gasteiger partial charge in [0.2, 0.25) is 0 Å². The van der Waals surface area contributed by atoms with Crippen molar-refractivity contribution in [1.82, 2.24) is 20.5 Å². The van der Waals surface area contributed by atoms with Crippen LogP contribution in [-0.2, 0) is 0 Å². The zero-order chi connectivity index (χ0) is 10.1. The fourth-order valence-electron chi connectivity index (χ4n) is 1.01. The molecule has 70 valence electrons. The van der Waals surface area contributed by atoms with Crippen molar-refractivity contribution < 1.29 is 4.63 Å². The van der Waals surface area contributed by atoms with E-state index in [2.05, 4.69) is 25.1 Å². The maximum Gasteiger partial charge on any atom is 0.282 e. The number of nitrogens with two attached hydrogens (primary N) is 1. The number of anilines is 1. The molecule has 0 radical (unpaired) electrons. The molecular formula is C6H4N6O2. The molecule has 0 bridgehead atoms. The van der Waals surface area contributed by atoms with Crippen LogP contribution >= 0.6 is 0 Å². The highest BCUT2D eigenvalue weighted by Crippen LogP contribution is 2.20. The van der Waals surface area contributed by atoms with E-state index in [4.69, 9.17) is 11.0 Å². The smallest absolute Gasteiger partial charge is 0.282 e. The second-order valence-electron chi connectivity index (χ2n) is 2.44. The molecule has 0 spiro atoms. The Labute approximate surface area is 76.3 Å². The number of nitriles is 1. The number of nitrogens with one attached hydrogen (secondary N) is 2. The Morgan fingerprint density at radius 1 is 1.43 bits per heavy atom. The van der Waals surface area contributed by atoms with Crippen molar-refractivity contribution >= 4 is 5.82 Å². The van der Waals surface area contributed by atoms with E-state index < -0.39 is 5.56 Å². The summed E-state index contributed by atoms with van der Waals surface area (Å²) in [7, 11) is 0. The number of H-pyrrole nitrogens is 2. The molecule has 0 aromatic carbocycles. The van der Waals surface area contributed by atoms with E-state index in [1.165, 1.54) is 0 Å². The molecule has 0 amide bonds. The van der Waals surface area contributed by atoms with Gasteiger partial charge < -0.3 is 5.73 Å². The van der Waals surface area contributed by atoms with Crippen LogP contribution in [0.25, 0.3) is 11.4 Å². The summed E-state index contributed by atoms with van der Waals surface area (Å²) in [6.07, 6.45) is 0. The first-order valence-electron chi connectivity index (χ1n) is 3.53. The second kappa shape index (κ2) is 2.74. The molecule has 0 aliphatic carbocycles. The zero-order valence-corrected chi connectivity index (χ0v) is 6.74. The van der Waals surface area contributed by atoms with Gasteiger partial charge in [-0.3, -0.25) is 15.0 Å². The summed E-state index contributed by atoms with van der Waals surface area (Å²) in [6, 6.07) is 1.72. The molecule has 0 atom stereocenters. The summed E-state index contributed by atoms with van der Waals surface area (Å²) >= 11 is 0. The molecule has 0 aliphatic rings. The minimum Gasteiger partial charge on any atom is -0.379 e. The molecule has 8 heteroatoms. The third kappa shape index (κ3) is 0.962. The molecule has 2 rings (SSSR count). The fraction of sp³-hybridized carbons (Fsp3) is 0. The van der Waals surface area contributed by atoms with Crippen molar-refractivity contribution in [1.29, 1.82) is 5.26 Å². The van der Waals surface area contributed by atoms with Crippen molar-refractivity contribution in [2.75, 3.05) is 5.73 Å². The minimum atomic E-state index is -0.537. The summed E-state index contributed by atoms with van der Waals surface area (Å²) in [6.45, 7) is 0. The molecule has 4 N–H and O–H groups in total. The van der Waals surface area contributed by atoms with Gasteiger partial charge in [-0.2, -0.15) is 5.26 Å². The van der Waals surface area contributed by atoms with Crippen LogP contribution in [0.5, 0.6) is 0 Å². The van der Waals surface area contributed by atoms with Crippen molar-refractivity contribution in [3.8, 4) is 17.5 Å². The summed E-state index contributed by atoms with van der Waals surface area (Å²) in [5.74, 6) is 0.0109. The highest BCUT2D eigenvalue weighted by atomic mass is 16.6. The lowest BCUT2D eigenvalue weighted by atomic mass is 10.2. The first kappa shape index (κ1) is 8.06. The van der Waals surface area contributed by atoms with Crippen LogP contribution in [0.15, 0.2) is 9.42 Å². The summed E-state index contributed by atoms with van der Waals surface area (Å²) in [4.78, 5) is 11.0. The largest absolute Gasteiger partial charge is 0.379 e. The Morgan fingerprint density at radius 2 is 2.21 bits per heavy atom. The highest BCUT2D eigenvalue weighted by molar-refractivity contribution is 5.70. The molecule has 0 aliphatic heterocycles. The molecule has 2 heterocycles. The predicted octanol–water partition coefficient (Wildman–Crippen LogP) is -0.793. The SMILES string of the molecule is N#Cc1c(-c2nonc2N)[nH][nH]c1=O. The third-order valence-electron chi connectivity index (χ3n) is 1.64. The first-order valence-corrected chi connectivity index (χ1v) is 3.53. The fourth-order valence-corrected chi connectivity index (χ4v) is 1.01. The molecule has 0 saturated carbocycles. The lowest BCUT2D eigenvalue weighted by Crippen LogP contribution is -2.02. The average molecular weight is 192 g/mol. The average Bonchev–Trinajstić information content (AvgIpc) is 2.71. The van der Waals surface area contributed by atoms with Crippen molar-refractivity contribution in [3.63, 3.8) is 0 Å². The van der Waals surface area contributed by atoms with Gasteiger partial charge in [0.25, 0.3) is 5.56 Å². The van der Waals surface area contributed by atoms with Crippen LogP contribution in [0, 0.1) is 11.3 Å². The first-order chi connectivity index (χ1) is 6.74. The summed E-state index contributed by atoms with van der Waals surface area (Å²) < 4.78 is 4.34. The molecule has 14 heavy (non-hydrogen) atoms. The number of nitrogens with zero attached hydrogens (tertiary/aromatic N) is 3. The normalized spacial score (nSPS) is 9.93. The van der Waals surface area contributed by atoms with Gasteiger partial charge in [0.05, 0.1) is 0 Å².